The minimum Gasteiger partial charge on any atom is -0.480 e. The minimum absolute atomic E-state index is 0.303. The number of H-pyrrole nitrogens is 2. The van der Waals surface area contributed by atoms with E-state index in [9.17, 15) is 4.79 Å². The van der Waals surface area contributed by atoms with Crippen LogP contribution in [0.15, 0.2) is 24.3 Å². The second-order valence-electron chi connectivity index (χ2n) is 5.29. The lowest BCUT2D eigenvalue weighted by Crippen LogP contribution is -2.27. The highest BCUT2D eigenvalue weighted by Gasteiger charge is 2.10. The van der Waals surface area contributed by atoms with E-state index in [1.165, 1.54) is 0 Å². The number of aromatic amines is 2. The summed E-state index contributed by atoms with van der Waals surface area (Å²) in [5, 5.41) is 18.0. The van der Waals surface area contributed by atoms with Gasteiger partial charge in [0.05, 0.1) is 0 Å². The summed E-state index contributed by atoms with van der Waals surface area (Å²) in [5.41, 5.74) is 0.681. The molecule has 0 amide bonds. The number of nitrogens with zero attached hydrogens (tertiary/aromatic N) is 1. The van der Waals surface area contributed by atoms with Gasteiger partial charge in [0.15, 0.2) is 4.77 Å². The number of aromatic nitrogens is 3. The number of hydrogen-bond acceptors (Lipinski definition) is 8. The largest absolute Gasteiger partial charge is 0.480 e. The van der Waals surface area contributed by atoms with Gasteiger partial charge >= 0.3 is 5.97 Å². The van der Waals surface area contributed by atoms with Crippen LogP contribution in [0, 0.1) is 9.54 Å². The van der Waals surface area contributed by atoms with Crippen molar-refractivity contribution in [3.8, 4) is 5.75 Å². The molecule has 1 aromatic carbocycles. The summed E-state index contributed by atoms with van der Waals surface area (Å²) in [7, 11) is 0. The van der Waals surface area contributed by atoms with Gasteiger partial charge < -0.3 is 30.4 Å². The number of ether oxygens (including phenoxy) is 1. The molecule has 0 radical (unpaired) electrons. The Morgan fingerprint density at radius 3 is 2.88 bits per heavy atom. The maximum Gasteiger partial charge on any atom is 0.325 e. The summed E-state index contributed by atoms with van der Waals surface area (Å²) in [6.45, 7) is 3.10. The van der Waals surface area contributed by atoms with Crippen LogP contribution in [0.25, 0.3) is 0 Å². The molecule has 0 fully saturated rings. The molecule has 1 heterocycles. The van der Waals surface area contributed by atoms with Crippen LogP contribution in [-0.4, -0.2) is 51.9 Å². The van der Waals surface area contributed by atoms with Gasteiger partial charge in [-0.2, -0.15) is 4.98 Å². The number of carbonyl (C=O) groups is 1. The smallest absolute Gasteiger partial charge is 0.325 e. The molecule has 0 bridgehead atoms. The van der Waals surface area contributed by atoms with E-state index in [4.69, 9.17) is 34.3 Å². The molecule has 0 saturated carbocycles. The third-order valence-electron chi connectivity index (χ3n) is 3.19. The lowest BCUT2D eigenvalue weighted by atomic mass is 10.2. The lowest BCUT2D eigenvalue weighted by molar-refractivity contribution is -0.137. The highest BCUT2D eigenvalue weighted by Crippen LogP contribution is 2.17. The number of nitrogens with one attached hydrogen (secondary N) is 5. The Kier molecular flexibility index (Phi) is 7.51. The minimum atomic E-state index is -0.917. The maximum atomic E-state index is 10.9. The molecule has 140 valence electrons. The standard InChI is InChI=1S/C15H20N6O3S2/c1-9(12(22)23)18-10-3-2-4-11(7-10)24-8-16-5-6-17-13-19-14(25)21-15(26)20-13/h2-4,7,9,16,18H,5-6,8H2,1H3,(H,22,23)(H3,17,19,20,21,25,26). The van der Waals surface area contributed by atoms with Crippen molar-refractivity contribution < 1.29 is 14.6 Å². The predicted octanol–water partition coefficient (Wildman–Crippen LogP) is 2.12. The van der Waals surface area contributed by atoms with Crippen LogP contribution in [0.2, 0.25) is 0 Å². The van der Waals surface area contributed by atoms with Crippen LogP contribution in [0.1, 0.15) is 6.92 Å². The molecule has 11 heteroatoms. The van der Waals surface area contributed by atoms with Gasteiger partial charge in [-0.1, -0.05) is 6.07 Å². The maximum absolute atomic E-state index is 10.9. The van der Waals surface area contributed by atoms with E-state index in [-0.39, 0.29) is 0 Å². The van der Waals surface area contributed by atoms with E-state index in [1.807, 2.05) is 0 Å². The normalized spacial score (nSPS) is 11.6. The molecule has 0 aliphatic heterocycles. The first kappa shape index (κ1) is 19.8. The Balaban J connectivity index is 1.70. The van der Waals surface area contributed by atoms with Crippen LogP contribution in [0.3, 0.4) is 0 Å². The second-order valence-corrected chi connectivity index (χ2v) is 6.09. The van der Waals surface area contributed by atoms with Gasteiger partial charge in [-0.05, 0) is 43.5 Å². The summed E-state index contributed by atoms with van der Waals surface area (Å²) in [5.74, 6) is 0.223. The molecule has 1 aromatic heterocycles. The number of aliphatic carboxylic acids is 1. The van der Waals surface area contributed by atoms with Gasteiger partial charge in [-0.3, -0.25) is 10.1 Å². The van der Waals surface area contributed by atoms with Gasteiger partial charge in [0.1, 0.15) is 18.5 Å². The highest BCUT2D eigenvalue weighted by molar-refractivity contribution is 7.71. The van der Waals surface area contributed by atoms with Gasteiger partial charge in [-0.25, -0.2) is 0 Å². The molecule has 26 heavy (non-hydrogen) atoms. The van der Waals surface area contributed by atoms with Crippen molar-refractivity contribution >= 4 is 42.0 Å². The van der Waals surface area contributed by atoms with Gasteiger partial charge in [0.25, 0.3) is 0 Å². The predicted molar refractivity (Wildman–Crippen MR) is 104 cm³/mol. The Hall–Kier alpha value is -2.50. The first-order valence-electron chi connectivity index (χ1n) is 7.81. The Morgan fingerprint density at radius 1 is 1.35 bits per heavy atom. The zero-order valence-electron chi connectivity index (χ0n) is 14.0. The van der Waals surface area contributed by atoms with Gasteiger partial charge in [0.2, 0.25) is 10.7 Å². The summed E-state index contributed by atoms with van der Waals surface area (Å²) in [6.07, 6.45) is 0. The number of benzene rings is 1. The van der Waals surface area contributed by atoms with E-state index < -0.39 is 12.0 Å². The third kappa shape index (κ3) is 6.78. The van der Waals surface area contributed by atoms with E-state index in [0.29, 0.717) is 46.7 Å². The summed E-state index contributed by atoms with van der Waals surface area (Å²) >= 11 is 9.93. The highest BCUT2D eigenvalue weighted by atomic mass is 32.1. The number of hydrogen-bond donors (Lipinski definition) is 6. The van der Waals surface area contributed by atoms with Crippen LogP contribution < -0.4 is 20.7 Å². The van der Waals surface area contributed by atoms with Crippen molar-refractivity contribution in [2.24, 2.45) is 0 Å². The zero-order chi connectivity index (χ0) is 18.9. The fraction of sp³-hybridized carbons (Fsp3) is 0.333. The number of anilines is 2. The number of rotatable bonds is 10. The SMILES string of the molecule is CC(Nc1cccc(OCNCCNc2nc(=S)[nH]c(=S)[nH]2)c1)C(=O)O. The summed E-state index contributed by atoms with van der Waals surface area (Å²) in [6, 6.07) is 6.44. The van der Waals surface area contributed by atoms with Crippen LogP contribution in [0.5, 0.6) is 5.75 Å². The van der Waals surface area contributed by atoms with Crippen LogP contribution >= 0.6 is 24.4 Å². The van der Waals surface area contributed by atoms with E-state index in [1.54, 1.807) is 31.2 Å². The van der Waals surface area contributed by atoms with Crippen molar-refractivity contribution in [1.29, 1.82) is 0 Å². The van der Waals surface area contributed by atoms with Crippen molar-refractivity contribution in [3.05, 3.63) is 33.8 Å². The Bertz CT molecular complexity index is 825. The summed E-state index contributed by atoms with van der Waals surface area (Å²) in [4.78, 5) is 20.5. The van der Waals surface area contributed by atoms with Gasteiger partial charge in [0, 0.05) is 24.8 Å². The number of carboxylic acid groups (broad SMARTS) is 1. The first-order valence-corrected chi connectivity index (χ1v) is 8.63. The molecular formula is C15H20N6O3S2. The first-order chi connectivity index (χ1) is 12.4. The van der Waals surface area contributed by atoms with Crippen LogP contribution in [-0.2, 0) is 4.79 Å². The molecule has 6 N–H and O–H groups in total. The van der Waals surface area contributed by atoms with E-state index >= 15 is 0 Å². The molecule has 0 spiro atoms. The van der Waals surface area contributed by atoms with Crippen molar-refractivity contribution in [2.75, 3.05) is 30.5 Å². The summed E-state index contributed by atoms with van der Waals surface area (Å²) < 4.78 is 6.32. The Labute approximate surface area is 160 Å². The Morgan fingerprint density at radius 2 is 2.15 bits per heavy atom. The second kappa shape index (κ2) is 9.85. The van der Waals surface area contributed by atoms with Gasteiger partial charge in [-0.15, -0.1) is 0 Å². The van der Waals surface area contributed by atoms with E-state index in [2.05, 4.69) is 30.9 Å². The number of carboxylic acids is 1. The van der Waals surface area contributed by atoms with Crippen LogP contribution in [0.4, 0.5) is 11.6 Å². The average Bonchev–Trinajstić information content (AvgIpc) is 2.57. The molecule has 1 atom stereocenters. The fourth-order valence-corrected chi connectivity index (χ4v) is 2.39. The fourth-order valence-electron chi connectivity index (χ4n) is 1.94. The zero-order valence-corrected chi connectivity index (χ0v) is 15.7. The van der Waals surface area contributed by atoms with Crippen molar-refractivity contribution in [1.82, 2.24) is 20.3 Å². The third-order valence-corrected chi connectivity index (χ3v) is 3.59. The monoisotopic (exact) mass is 396 g/mol. The lowest BCUT2D eigenvalue weighted by Gasteiger charge is -2.13. The molecule has 0 aliphatic carbocycles. The van der Waals surface area contributed by atoms with E-state index in [0.717, 1.165) is 0 Å². The topological polar surface area (TPSA) is 127 Å². The molecule has 1 unspecified atom stereocenters. The molecular weight excluding hydrogens is 376 g/mol. The molecule has 2 aromatic rings. The molecule has 0 saturated heterocycles. The molecule has 9 nitrogen and oxygen atoms in total. The average molecular weight is 396 g/mol. The van der Waals surface area contributed by atoms with Crippen molar-refractivity contribution in [3.63, 3.8) is 0 Å². The van der Waals surface area contributed by atoms with Crippen molar-refractivity contribution in [2.45, 2.75) is 13.0 Å². The molecule has 2 rings (SSSR count). The quantitative estimate of drug-likeness (QED) is 0.203. The molecule has 0 aliphatic rings.